The summed E-state index contributed by atoms with van der Waals surface area (Å²) in [6.45, 7) is 12.1. The highest BCUT2D eigenvalue weighted by Crippen LogP contribution is 2.37. The Hall–Kier alpha value is -6.64. The third-order valence-electron chi connectivity index (χ3n) is 17.9. The molecule has 428 valence electrons. The number of anilines is 1. The predicted molar refractivity (Wildman–Crippen MR) is 307 cm³/mol. The van der Waals surface area contributed by atoms with Crippen molar-refractivity contribution < 1.29 is 32.3 Å². The molecule has 0 saturated carbocycles. The lowest BCUT2D eigenvalue weighted by atomic mass is 9.87. The maximum absolute atomic E-state index is 14.0. The van der Waals surface area contributed by atoms with Crippen LogP contribution in [0.5, 0.6) is 0 Å². The van der Waals surface area contributed by atoms with Crippen LogP contribution in [0.15, 0.2) is 104 Å². The number of carbonyl (C=O) groups is 4. The molecule has 20 heteroatoms. The van der Waals surface area contributed by atoms with Gasteiger partial charge < -0.3 is 40.5 Å². The van der Waals surface area contributed by atoms with E-state index >= 15 is 0 Å². The van der Waals surface area contributed by atoms with Crippen LogP contribution < -0.4 is 16.0 Å². The van der Waals surface area contributed by atoms with Crippen molar-refractivity contribution in [2.24, 2.45) is 11.7 Å². The summed E-state index contributed by atoms with van der Waals surface area (Å²) < 4.78 is 41.2. The number of piperazine rings is 2. The van der Waals surface area contributed by atoms with Gasteiger partial charge in [-0.25, -0.2) is 9.97 Å². The van der Waals surface area contributed by atoms with Crippen molar-refractivity contribution in [3.05, 3.63) is 136 Å². The van der Waals surface area contributed by atoms with Gasteiger partial charge in [0, 0.05) is 127 Å². The summed E-state index contributed by atoms with van der Waals surface area (Å²) in [5, 5.41) is 5.23. The number of amides is 4. The Bertz CT molecular complexity index is 3180. The number of nitrogens with two attached hydrogens (primary N) is 1. The highest BCUT2D eigenvalue weighted by Gasteiger charge is 2.40. The van der Waals surface area contributed by atoms with Crippen molar-refractivity contribution in [2.45, 2.75) is 68.6 Å². The number of carbonyl (C=O) groups excluding carboxylic acids is 4. The van der Waals surface area contributed by atoms with Gasteiger partial charge >= 0.3 is 6.18 Å². The molecule has 0 unspecified atom stereocenters. The van der Waals surface area contributed by atoms with E-state index in [1.54, 1.807) is 23.4 Å². The topological polar surface area (TPSA) is 171 Å². The highest BCUT2D eigenvalue weighted by atomic mass is 35.5. The van der Waals surface area contributed by atoms with E-state index in [4.69, 9.17) is 17.3 Å². The van der Waals surface area contributed by atoms with E-state index in [0.29, 0.717) is 100 Å². The predicted octanol–water partition coefficient (Wildman–Crippen LogP) is 7.66. The first kappa shape index (κ1) is 56.2. The molecule has 4 amide bonds. The van der Waals surface area contributed by atoms with Crippen molar-refractivity contribution in [1.82, 2.24) is 49.7 Å². The van der Waals surface area contributed by atoms with Crippen LogP contribution in [0.3, 0.4) is 0 Å². The molecule has 6 aromatic rings. The Balaban J connectivity index is 0.574. The number of hydrogen-bond acceptors (Lipinski definition) is 11. The number of piperidine rings is 3. The largest absolute Gasteiger partial charge is 0.417 e. The van der Waals surface area contributed by atoms with Gasteiger partial charge in [0.1, 0.15) is 17.8 Å². The average molecular weight is 1130 g/mol. The lowest BCUT2D eigenvalue weighted by molar-refractivity contribution is -0.136. The number of aromatic amines is 1. The minimum absolute atomic E-state index is 0.0273. The second-order valence-corrected chi connectivity index (χ2v) is 23.3. The van der Waals surface area contributed by atoms with E-state index in [-0.39, 0.29) is 46.5 Å². The van der Waals surface area contributed by atoms with Gasteiger partial charge in [0.05, 0.1) is 29.1 Å². The second-order valence-electron chi connectivity index (χ2n) is 22.9. The number of halogens is 4. The van der Waals surface area contributed by atoms with E-state index in [1.807, 2.05) is 70.6 Å². The van der Waals surface area contributed by atoms with Crippen LogP contribution in [-0.4, -0.2) is 185 Å². The molecule has 5 saturated heterocycles. The number of nitrogens with one attached hydrogen (secondary N) is 2. The second kappa shape index (κ2) is 24.4. The first-order valence-electron chi connectivity index (χ1n) is 28.8. The molecule has 1 atom stereocenters. The summed E-state index contributed by atoms with van der Waals surface area (Å²) in [4.78, 5) is 81.9. The van der Waals surface area contributed by atoms with Gasteiger partial charge in [-0.2, -0.15) is 13.2 Å². The third kappa shape index (κ3) is 12.9. The standard InChI is InChI=1S/C61H72ClF3N12O4/c62-47-13-11-45(12-14-47)53(70-59(81)60(66)21-29-75(30-22-60)56-51-15-23-67-55(51)68-41-69-56)20-24-71-35-37-74(38-36-71)54(78)40-73-33-31-72(32-34-73)39-42-16-25-76(26-17-42)57(79)46-9-7-43(8-10-46)44-18-27-77(28-19-44)58(80)50-5-1-4-49-48(50)3-2-6-52(49)61(63,64)65/h1-15,23,41-42,44,53H,16-22,24-40,66H2,(H,70,81)(H,67,68,69)/t53-/m0/s1. The molecule has 0 bridgehead atoms. The van der Waals surface area contributed by atoms with Crippen LogP contribution in [0.2, 0.25) is 5.02 Å². The molecule has 2 aromatic heterocycles. The quantitative estimate of drug-likeness (QED) is 0.0979. The minimum atomic E-state index is -4.52. The van der Waals surface area contributed by atoms with Gasteiger partial charge in [-0.05, 0) is 121 Å². The molecule has 7 heterocycles. The highest BCUT2D eigenvalue weighted by molar-refractivity contribution is 6.30. The number of aromatic nitrogens is 3. The van der Waals surface area contributed by atoms with Crippen LogP contribution in [0.25, 0.3) is 21.8 Å². The summed E-state index contributed by atoms with van der Waals surface area (Å²) in [7, 11) is 0. The monoisotopic (exact) mass is 1130 g/mol. The smallest absolute Gasteiger partial charge is 0.356 e. The number of fused-ring (bicyclic) bond motifs is 2. The van der Waals surface area contributed by atoms with Crippen molar-refractivity contribution in [1.29, 1.82) is 0 Å². The SMILES string of the molecule is NC1(C(=O)N[C@@H](CCN2CCN(C(=O)CN3CCN(CC4CCN(C(=O)c5ccc(C6CCN(C(=O)c7cccc8c(C(F)(F)F)cccc78)CC6)cc5)CC4)CC3)CC2)c2ccc(Cl)cc2)CCN(c2ncnc3[nH]ccc23)CC1. The summed E-state index contributed by atoms with van der Waals surface area (Å²) in [6.07, 6.45) is 3.89. The summed E-state index contributed by atoms with van der Waals surface area (Å²) in [5.41, 5.74) is 8.93. The number of H-pyrrole nitrogens is 1. The zero-order chi connectivity index (χ0) is 56.3. The van der Waals surface area contributed by atoms with E-state index in [9.17, 15) is 32.3 Å². The molecule has 5 fully saturated rings. The molecule has 4 aromatic carbocycles. The molecule has 4 N–H and O–H groups in total. The third-order valence-corrected chi connectivity index (χ3v) is 18.1. The Morgan fingerprint density at radius 1 is 0.679 bits per heavy atom. The van der Waals surface area contributed by atoms with Crippen LogP contribution in [0, 0.1) is 5.92 Å². The lowest BCUT2D eigenvalue weighted by Gasteiger charge is -2.40. The molecule has 0 radical (unpaired) electrons. The molecule has 81 heavy (non-hydrogen) atoms. The van der Waals surface area contributed by atoms with Crippen molar-refractivity contribution in [3.63, 3.8) is 0 Å². The number of hydrogen-bond donors (Lipinski definition) is 3. The van der Waals surface area contributed by atoms with Gasteiger partial charge in [0.2, 0.25) is 11.8 Å². The van der Waals surface area contributed by atoms with Crippen LogP contribution in [-0.2, 0) is 15.8 Å². The molecule has 0 aliphatic carbocycles. The molecule has 5 aliphatic rings. The maximum Gasteiger partial charge on any atom is 0.417 e. The van der Waals surface area contributed by atoms with Crippen LogP contribution in [0.4, 0.5) is 19.0 Å². The Kier molecular flexibility index (Phi) is 17.0. The van der Waals surface area contributed by atoms with Gasteiger partial charge in [-0.15, -0.1) is 0 Å². The molecule has 5 aliphatic heterocycles. The average Bonchev–Trinajstić information content (AvgIpc) is 4.13. The molecule has 0 spiro atoms. The van der Waals surface area contributed by atoms with E-state index in [0.717, 1.165) is 112 Å². The Labute approximate surface area is 475 Å². The molecule has 16 nitrogen and oxygen atoms in total. The number of likely N-dealkylation sites (tertiary alicyclic amines) is 2. The summed E-state index contributed by atoms with van der Waals surface area (Å²) in [6, 6.07) is 25.7. The van der Waals surface area contributed by atoms with Gasteiger partial charge in [-0.1, -0.05) is 60.1 Å². The maximum atomic E-state index is 14.0. The van der Waals surface area contributed by atoms with Gasteiger partial charge in [0.15, 0.2) is 0 Å². The fraction of sp³-hybridized carbons (Fsp3) is 0.475. The normalized spacial score (nSPS) is 19.8. The molecular weight excluding hydrogens is 1060 g/mol. The lowest BCUT2D eigenvalue weighted by Crippen LogP contribution is -2.60. The zero-order valence-corrected chi connectivity index (χ0v) is 46.5. The summed E-state index contributed by atoms with van der Waals surface area (Å²) >= 11 is 6.28. The van der Waals surface area contributed by atoms with E-state index < -0.39 is 17.3 Å². The van der Waals surface area contributed by atoms with Crippen molar-refractivity contribution in [3.8, 4) is 0 Å². The molecular formula is C61H72ClF3N12O4. The van der Waals surface area contributed by atoms with Crippen LogP contribution in [0.1, 0.15) is 94.3 Å². The molecule has 11 rings (SSSR count). The van der Waals surface area contributed by atoms with Crippen LogP contribution >= 0.6 is 11.6 Å². The number of alkyl halides is 3. The fourth-order valence-corrected chi connectivity index (χ4v) is 12.9. The number of rotatable bonds is 14. The van der Waals surface area contributed by atoms with E-state index in [1.165, 1.54) is 18.2 Å². The first-order valence-corrected chi connectivity index (χ1v) is 29.1. The van der Waals surface area contributed by atoms with Gasteiger partial charge in [-0.3, -0.25) is 29.0 Å². The minimum Gasteiger partial charge on any atom is -0.356 e. The number of benzene rings is 4. The summed E-state index contributed by atoms with van der Waals surface area (Å²) in [5.74, 6) is 1.35. The van der Waals surface area contributed by atoms with Crippen molar-refractivity contribution in [2.75, 3.05) is 116 Å². The fourth-order valence-electron chi connectivity index (χ4n) is 12.8. The number of nitrogens with zero attached hydrogens (tertiary/aromatic N) is 9. The zero-order valence-electron chi connectivity index (χ0n) is 45.8. The Morgan fingerprint density at radius 3 is 2.02 bits per heavy atom. The van der Waals surface area contributed by atoms with Gasteiger partial charge in [0.25, 0.3) is 11.8 Å². The van der Waals surface area contributed by atoms with E-state index in [2.05, 4.69) is 39.9 Å². The Morgan fingerprint density at radius 2 is 1.32 bits per heavy atom. The first-order chi connectivity index (χ1) is 39.2. The van der Waals surface area contributed by atoms with Crippen molar-refractivity contribution >= 4 is 62.9 Å².